The van der Waals surface area contributed by atoms with Crippen molar-refractivity contribution in [2.45, 2.75) is 26.7 Å². The number of anilines is 2. The summed E-state index contributed by atoms with van der Waals surface area (Å²) in [4.78, 5) is 25.4. The minimum absolute atomic E-state index is 0.316. The van der Waals surface area contributed by atoms with Gasteiger partial charge < -0.3 is 19.9 Å². The van der Waals surface area contributed by atoms with Gasteiger partial charge >= 0.3 is 12.1 Å². The van der Waals surface area contributed by atoms with Gasteiger partial charge in [-0.3, -0.25) is 4.90 Å². The Bertz CT molecular complexity index is 783. The molecular formula is C18H22N4O4. The molecule has 2 aromatic rings. The van der Waals surface area contributed by atoms with Crippen molar-refractivity contribution in [3.05, 3.63) is 41.3 Å². The first-order valence-corrected chi connectivity index (χ1v) is 8.56. The predicted molar refractivity (Wildman–Crippen MR) is 96.5 cm³/mol. The summed E-state index contributed by atoms with van der Waals surface area (Å²) < 4.78 is 10.1. The van der Waals surface area contributed by atoms with Crippen LogP contribution in [0.5, 0.6) is 0 Å². The highest BCUT2D eigenvalue weighted by molar-refractivity contribution is 5.98. The second-order valence-corrected chi connectivity index (χ2v) is 6.07. The number of rotatable bonds is 6. The Hall–Kier alpha value is -3.03. The molecule has 3 amide bonds. The van der Waals surface area contributed by atoms with Gasteiger partial charge in [-0.2, -0.15) is 0 Å². The zero-order valence-electron chi connectivity index (χ0n) is 14.9. The molecule has 8 nitrogen and oxygen atoms in total. The lowest BCUT2D eigenvalue weighted by atomic mass is 10.1. The van der Waals surface area contributed by atoms with Crippen LogP contribution in [0.3, 0.4) is 0 Å². The van der Waals surface area contributed by atoms with E-state index in [0.29, 0.717) is 31.1 Å². The van der Waals surface area contributed by atoms with Crippen molar-refractivity contribution in [3.63, 3.8) is 0 Å². The predicted octanol–water partition coefficient (Wildman–Crippen LogP) is 3.00. The van der Waals surface area contributed by atoms with Gasteiger partial charge in [0.15, 0.2) is 0 Å². The van der Waals surface area contributed by atoms with Gasteiger partial charge in [-0.25, -0.2) is 9.59 Å². The number of nitrogens with one attached hydrogen (secondary N) is 2. The SMILES string of the molecule is Cc1noc(C)c1CCCNC(=O)Nc1ccccc1N1CCOC1=O. The van der Waals surface area contributed by atoms with Gasteiger partial charge in [0.05, 0.1) is 23.6 Å². The lowest BCUT2D eigenvalue weighted by Crippen LogP contribution is -2.31. The van der Waals surface area contributed by atoms with E-state index in [2.05, 4.69) is 15.8 Å². The molecule has 0 bridgehead atoms. The standard InChI is InChI=1S/C18H22N4O4/c1-12-14(13(2)26-21-12)6-5-9-19-17(23)20-15-7-3-4-8-16(15)22-10-11-25-18(22)24/h3-4,7-8H,5-6,9-11H2,1-2H3,(H2,19,20,23). The zero-order chi connectivity index (χ0) is 18.5. The Morgan fingerprint density at radius 3 is 2.81 bits per heavy atom. The van der Waals surface area contributed by atoms with Crippen LogP contribution in [0.15, 0.2) is 28.8 Å². The van der Waals surface area contributed by atoms with Gasteiger partial charge in [0.2, 0.25) is 0 Å². The van der Waals surface area contributed by atoms with Crippen molar-refractivity contribution < 1.29 is 18.8 Å². The van der Waals surface area contributed by atoms with E-state index in [1.807, 2.05) is 19.9 Å². The monoisotopic (exact) mass is 358 g/mol. The Morgan fingerprint density at radius 2 is 2.12 bits per heavy atom. The summed E-state index contributed by atoms with van der Waals surface area (Å²) in [5.74, 6) is 0.818. The first-order chi connectivity index (χ1) is 12.6. The van der Waals surface area contributed by atoms with E-state index in [4.69, 9.17) is 9.26 Å². The van der Waals surface area contributed by atoms with Crippen molar-refractivity contribution in [2.75, 3.05) is 29.9 Å². The molecule has 0 atom stereocenters. The fraction of sp³-hybridized carbons (Fsp3) is 0.389. The fourth-order valence-corrected chi connectivity index (χ4v) is 2.92. The van der Waals surface area contributed by atoms with Crippen LogP contribution in [0.25, 0.3) is 0 Å². The molecule has 2 N–H and O–H groups in total. The highest BCUT2D eigenvalue weighted by atomic mass is 16.6. The van der Waals surface area contributed by atoms with Gasteiger partial charge in [-0.05, 0) is 38.8 Å². The van der Waals surface area contributed by atoms with E-state index in [9.17, 15) is 9.59 Å². The number of ether oxygens (including phenoxy) is 1. The summed E-state index contributed by atoms with van der Waals surface area (Å²) in [6, 6.07) is 6.83. The number of aryl methyl sites for hydroxylation is 2. The number of hydrogen-bond donors (Lipinski definition) is 2. The second kappa shape index (κ2) is 7.90. The molecule has 1 aromatic heterocycles. The Balaban J connectivity index is 1.52. The number of carbonyl (C=O) groups excluding carboxylic acids is 2. The van der Waals surface area contributed by atoms with Crippen LogP contribution < -0.4 is 15.5 Å². The molecule has 1 fully saturated rings. The molecule has 0 aliphatic carbocycles. The van der Waals surface area contributed by atoms with Gasteiger partial charge in [0.1, 0.15) is 12.4 Å². The molecule has 1 saturated heterocycles. The minimum Gasteiger partial charge on any atom is -0.447 e. The van der Waals surface area contributed by atoms with Crippen molar-refractivity contribution in [3.8, 4) is 0 Å². The summed E-state index contributed by atoms with van der Waals surface area (Å²) in [7, 11) is 0. The number of benzene rings is 1. The number of urea groups is 1. The van der Waals surface area contributed by atoms with E-state index < -0.39 is 6.09 Å². The first kappa shape index (κ1) is 17.8. The number of nitrogens with zero attached hydrogens (tertiary/aromatic N) is 2. The number of para-hydroxylation sites is 2. The molecular weight excluding hydrogens is 336 g/mol. The maximum atomic E-state index is 12.2. The van der Waals surface area contributed by atoms with Crippen LogP contribution in [0, 0.1) is 13.8 Å². The van der Waals surface area contributed by atoms with Gasteiger partial charge in [-0.1, -0.05) is 17.3 Å². The van der Waals surface area contributed by atoms with Gasteiger partial charge in [-0.15, -0.1) is 0 Å². The van der Waals surface area contributed by atoms with Crippen molar-refractivity contribution in [1.29, 1.82) is 0 Å². The number of amides is 3. The first-order valence-electron chi connectivity index (χ1n) is 8.56. The Morgan fingerprint density at radius 1 is 1.31 bits per heavy atom. The molecule has 1 aromatic carbocycles. The molecule has 3 rings (SSSR count). The van der Waals surface area contributed by atoms with E-state index in [0.717, 1.165) is 29.9 Å². The molecule has 1 aliphatic heterocycles. The molecule has 0 saturated carbocycles. The van der Waals surface area contributed by atoms with Crippen LogP contribution in [-0.4, -0.2) is 37.0 Å². The molecule has 0 spiro atoms. The highest BCUT2D eigenvalue weighted by Gasteiger charge is 2.25. The third kappa shape index (κ3) is 3.96. The summed E-state index contributed by atoms with van der Waals surface area (Å²) in [6.45, 7) is 5.13. The summed E-state index contributed by atoms with van der Waals surface area (Å²) >= 11 is 0. The normalized spacial score (nSPS) is 13.6. The third-order valence-electron chi connectivity index (χ3n) is 4.27. The number of cyclic esters (lactones) is 1. The van der Waals surface area contributed by atoms with Crippen LogP contribution in [0.1, 0.15) is 23.4 Å². The van der Waals surface area contributed by atoms with Crippen molar-refractivity contribution >= 4 is 23.5 Å². The number of aromatic nitrogens is 1. The Labute approximate surface area is 151 Å². The summed E-state index contributed by atoms with van der Waals surface area (Å²) in [5, 5.41) is 9.54. The van der Waals surface area contributed by atoms with Crippen LogP contribution >= 0.6 is 0 Å². The second-order valence-electron chi connectivity index (χ2n) is 6.07. The van der Waals surface area contributed by atoms with Crippen LogP contribution in [0.4, 0.5) is 21.0 Å². The number of hydrogen-bond acceptors (Lipinski definition) is 5. The average molecular weight is 358 g/mol. The summed E-state index contributed by atoms with van der Waals surface area (Å²) in [5.41, 5.74) is 3.17. The molecule has 138 valence electrons. The fourth-order valence-electron chi connectivity index (χ4n) is 2.92. The van der Waals surface area contributed by atoms with E-state index in [1.54, 1.807) is 18.2 Å². The lowest BCUT2D eigenvalue weighted by molar-refractivity contribution is 0.181. The molecule has 2 heterocycles. The Kier molecular flexibility index (Phi) is 5.40. The van der Waals surface area contributed by atoms with E-state index in [1.165, 1.54) is 4.90 Å². The van der Waals surface area contributed by atoms with Crippen LogP contribution in [0.2, 0.25) is 0 Å². The maximum absolute atomic E-state index is 12.2. The molecule has 0 unspecified atom stereocenters. The molecule has 26 heavy (non-hydrogen) atoms. The maximum Gasteiger partial charge on any atom is 0.414 e. The highest BCUT2D eigenvalue weighted by Crippen LogP contribution is 2.27. The third-order valence-corrected chi connectivity index (χ3v) is 4.27. The van der Waals surface area contributed by atoms with Gasteiger partial charge in [0.25, 0.3) is 0 Å². The minimum atomic E-state index is -0.404. The van der Waals surface area contributed by atoms with Gasteiger partial charge in [0, 0.05) is 12.1 Å². The van der Waals surface area contributed by atoms with Crippen molar-refractivity contribution in [1.82, 2.24) is 10.5 Å². The smallest absolute Gasteiger partial charge is 0.414 e. The topological polar surface area (TPSA) is 96.7 Å². The average Bonchev–Trinajstić information content (AvgIpc) is 3.18. The molecule has 8 heteroatoms. The van der Waals surface area contributed by atoms with Crippen LogP contribution in [-0.2, 0) is 11.2 Å². The molecule has 0 radical (unpaired) electrons. The largest absolute Gasteiger partial charge is 0.447 e. The quantitative estimate of drug-likeness (QED) is 0.774. The van der Waals surface area contributed by atoms with Crippen molar-refractivity contribution in [2.24, 2.45) is 0 Å². The zero-order valence-corrected chi connectivity index (χ0v) is 14.9. The van der Waals surface area contributed by atoms with E-state index in [-0.39, 0.29) is 6.03 Å². The lowest BCUT2D eigenvalue weighted by Gasteiger charge is -2.17. The summed E-state index contributed by atoms with van der Waals surface area (Å²) in [6.07, 6.45) is 1.16. The van der Waals surface area contributed by atoms with E-state index >= 15 is 0 Å². The number of carbonyl (C=O) groups is 2. The molecule has 1 aliphatic rings.